The second-order valence-corrected chi connectivity index (χ2v) is 3.88. The van der Waals surface area contributed by atoms with Gasteiger partial charge >= 0.3 is 0 Å². The van der Waals surface area contributed by atoms with Crippen LogP contribution in [0.3, 0.4) is 0 Å². The zero-order valence-electron chi connectivity index (χ0n) is 9.25. The molecule has 0 radical (unpaired) electrons. The molecule has 0 amide bonds. The van der Waals surface area contributed by atoms with E-state index in [0.717, 1.165) is 24.3 Å². The summed E-state index contributed by atoms with van der Waals surface area (Å²) < 4.78 is 10.6. The summed E-state index contributed by atoms with van der Waals surface area (Å²) in [5, 5.41) is 0. The van der Waals surface area contributed by atoms with E-state index in [9.17, 15) is 0 Å². The molecule has 15 heavy (non-hydrogen) atoms. The Morgan fingerprint density at radius 3 is 2.53 bits per heavy atom. The first-order chi connectivity index (χ1) is 7.30. The molecule has 0 bridgehead atoms. The number of nitrogens with two attached hydrogens (primary N) is 1. The molecule has 3 nitrogen and oxygen atoms in total. The first kappa shape index (κ1) is 10.3. The molecular formula is C12H17NO2. The van der Waals surface area contributed by atoms with Crippen molar-refractivity contribution in [3.8, 4) is 11.5 Å². The van der Waals surface area contributed by atoms with Gasteiger partial charge in [0.05, 0.1) is 14.2 Å². The van der Waals surface area contributed by atoms with Gasteiger partial charge in [0.25, 0.3) is 0 Å². The van der Waals surface area contributed by atoms with E-state index < -0.39 is 0 Å². The van der Waals surface area contributed by atoms with Gasteiger partial charge in [-0.1, -0.05) is 0 Å². The van der Waals surface area contributed by atoms with Gasteiger partial charge in [0.15, 0.2) is 11.5 Å². The largest absolute Gasteiger partial charge is 0.493 e. The van der Waals surface area contributed by atoms with Gasteiger partial charge in [0, 0.05) is 0 Å². The van der Waals surface area contributed by atoms with Crippen molar-refractivity contribution in [2.45, 2.75) is 18.8 Å². The lowest BCUT2D eigenvalue weighted by atomic mass is 10.0. The summed E-state index contributed by atoms with van der Waals surface area (Å²) in [5.41, 5.74) is 8.42. The molecule has 0 heterocycles. The van der Waals surface area contributed by atoms with Crippen LogP contribution in [0.5, 0.6) is 11.5 Å². The molecule has 0 spiro atoms. The highest BCUT2D eigenvalue weighted by Crippen LogP contribution is 2.39. The molecule has 0 fully saturated rings. The predicted octanol–water partition coefficient (Wildman–Crippen LogP) is 1.69. The topological polar surface area (TPSA) is 44.5 Å². The molecule has 1 aromatic carbocycles. The van der Waals surface area contributed by atoms with Gasteiger partial charge in [0.1, 0.15) is 0 Å². The van der Waals surface area contributed by atoms with Crippen LogP contribution in [0, 0.1) is 0 Å². The molecule has 1 unspecified atom stereocenters. The van der Waals surface area contributed by atoms with Crippen LogP contribution in [-0.4, -0.2) is 20.8 Å². The molecular weight excluding hydrogens is 190 g/mol. The standard InChI is InChI=1S/C12H17NO2/c1-14-11-5-8-3-4-9(7-13)10(8)6-12(11)15-2/h5-6,9H,3-4,7,13H2,1-2H3. The average molecular weight is 207 g/mol. The molecule has 0 aliphatic heterocycles. The first-order valence-electron chi connectivity index (χ1n) is 5.25. The van der Waals surface area contributed by atoms with Crippen molar-refractivity contribution in [2.24, 2.45) is 5.73 Å². The molecule has 3 heteroatoms. The SMILES string of the molecule is COc1cc2c(cc1OC)C(CN)CC2. The summed E-state index contributed by atoms with van der Waals surface area (Å²) in [6.07, 6.45) is 2.24. The van der Waals surface area contributed by atoms with Crippen LogP contribution in [0.25, 0.3) is 0 Å². The molecule has 1 aliphatic carbocycles. The molecule has 0 saturated carbocycles. The van der Waals surface area contributed by atoms with Gasteiger partial charge < -0.3 is 15.2 Å². The van der Waals surface area contributed by atoms with Crippen molar-refractivity contribution in [3.05, 3.63) is 23.3 Å². The van der Waals surface area contributed by atoms with E-state index >= 15 is 0 Å². The van der Waals surface area contributed by atoms with E-state index in [2.05, 4.69) is 12.1 Å². The van der Waals surface area contributed by atoms with Gasteiger partial charge in [0.2, 0.25) is 0 Å². The van der Waals surface area contributed by atoms with Crippen LogP contribution in [0.4, 0.5) is 0 Å². The molecule has 0 aromatic heterocycles. The summed E-state index contributed by atoms with van der Waals surface area (Å²) in [4.78, 5) is 0. The van der Waals surface area contributed by atoms with Crippen LogP contribution in [0.1, 0.15) is 23.5 Å². The fourth-order valence-corrected chi connectivity index (χ4v) is 2.26. The Morgan fingerprint density at radius 1 is 1.27 bits per heavy atom. The summed E-state index contributed by atoms with van der Waals surface area (Å²) in [6.45, 7) is 0.711. The van der Waals surface area contributed by atoms with Crippen LogP contribution in [0.15, 0.2) is 12.1 Å². The Labute approximate surface area is 90.2 Å². The number of fused-ring (bicyclic) bond motifs is 1. The maximum Gasteiger partial charge on any atom is 0.161 e. The molecule has 0 saturated heterocycles. The third-order valence-corrected chi connectivity index (χ3v) is 3.13. The lowest BCUT2D eigenvalue weighted by molar-refractivity contribution is 0.354. The van der Waals surface area contributed by atoms with Gasteiger partial charge in [-0.2, -0.15) is 0 Å². The number of aryl methyl sites for hydroxylation is 1. The van der Waals surface area contributed by atoms with Crippen molar-refractivity contribution in [1.29, 1.82) is 0 Å². The summed E-state index contributed by atoms with van der Waals surface area (Å²) in [6, 6.07) is 4.14. The van der Waals surface area contributed by atoms with Crippen molar-refractivity contribution < 1.29 is 9.47 Å². The van der Waals surface area contributed by atoms with E-state index in [0.29, 0.717) is 12.5 Å². The summed E-state index contributed by atoms with van der Waals surface area (Å²) in [7, 11) is 3.33. The average Bonchev–Trinajstić information content (AvgIpc) is 2.68. The van der Waals surface area contributed by atoms with Crippen molar-refractivity contribution in [2.75, 3.05) is 20.8 Å². The highest BCUT2D eigenvalue weighted by molar-refractivity contribution is 5.50. The van der Waals surface area contributed by atoms with Crippen LogP contribution in [0.2, 0.25) is 0 Å². The van der Waals surface area contributed by atoms with Crippen molar-refractivity contribution in [1.82, 2.24) is 0 Å². The minimum atomic E-state index is 0.486. The Morgan fingerprint density at radius 2 is 1.93 bits per heavy atom. The minimum absolute atomic E-state index is 0.486. The smallest absolute Gasteiger partial charge is 0.161 e. The molecule has 1 atom stereocenters. The van der Waals surface area contributed by atoms with Gasteiger partial charge in [-0.15, -0.1) is 0 Å². The molecule has 2 rings (SSSR count). The molecule has 1 aromatic rings. The number of methoxy groups -OCH3 is 2. The minimum Gasteiger partial charge on any atom is -0.493 e. The van der Waals surface area contributed by atoms with E-state index in [1.807, 2.05) is 0 Å². The summed E-state index contributed by atoms with van der Waals surface area (Å²) >= 11 is 0. The highest BCUT2D eigenvalue weighted by Gasteiger charge is 2.23. The number of ether oxygens (including phenoxy) is 2. The zero-order valence-corrected chi connectivity index (χ0v) is 9.25. The zero-order chi connectivity index (χ0) is 10.8. The fourth-order valence-electron chi connectivity index (χ4n) is 2.26. The number of hydrogen-bond donors (Lipinski definition) is 1. The lowest BCUT2D eigenvalue weighted by Gasteiger charge is -2.13. The van der Waals surface area contributed by atoms with Crippen molar-refractivity contribution >= 4 is 0 Å². The first-order valence-corrected chi connectivity index (χ1v) is 5.25. The van der Waals surface area contributed by atoms with Gasteiger partial charge in [-0.3, -0.25) is 0 Å². The molecule has 1 aliphatic rings. The van der Waals surface area contributed by atoms with Gasteiger partial charge in [-0.05, 0) is 48.6 Å². The van der Waals surface area contributed by atoms with Crippen LogP contribution < -0.4 is 15.2 Å². The Bertz CT molecular complexity index is 363. The van der Waals surface area contributed by atoms with E-state index in [1.54, 1.807) is 14.2 Å². The van der Waals surface area contributed by atoms with E-state index in [-0.39, 0.29) is 0 Å². The van der Waals surface area contributed by atoms with Crippen molar-refractivity contribution in [3.63, 3.8) is 0 Å². The third kappa shape index (κ3) is 1.67. The highest BCUT2D eigenvalue weighted by atomic mass is 16.5. The fraction of sp³-hybridized carbons (Fsp3) is 0.500. The Kier molecular flexibility index (Phi) is 2.82. The second kappa shape index (κ2) is 4.11. The normalized spacial score (nSPS) is 18.7. The summed E-state index contributed by atoms with van der Waals surface area (Å²) in [5.74, 6) is 2.10. The third-order valence-electron chi connectivity index (χ3n) is 3.13. The Balaban J connectivity index is 2.44. The monoisotopic (exact) mass is 207 g/mol. The number of rotatable bonds is 3. The second-order valence-electron chi connectivity index (χ2n) is 3.88. The van der Waals surface area contributed by atoms with E-state index in [1.165, 1.54) is 11.1 Å². The predicted molar refractivity (Wildman–Crippen MR) is 59.7 cm³/mol. The van der Waals surface area contributed by atoms with E-state index in [4.69, 9.17) is 15.2 Å². The van der Waals surface area contributed by atoms with Crippen LogP contribution in [-0.2, 0) is 6.42 Å². The maximum absolute atomic E-state index is 5.74. The molecule has 2 N–H and O–H groups in total. The van der Waals surface area contributed by atoms with Crippen LogP contribution >= 0.6 is 0 Å². The Hall–Kier alpha value is -1.22. The number of benzene rings is 1. The number of hydrogen-bond acceptors (Lipinski definition) is 3. The molecule has 82 valence electrons. The lowest BCUT2D eigenvalue weighted by Crippen LogP contribution is -2.09. The quantitative estimate of drug-likeness (QED) is 0.820. The maximum atomic E-state index is 5.74. The van der Waals surface area contributed by atoms with Gasteiger partial charge in [-0.25, -0.2) is 0 Å².